The maximum Gasteiger partial charge on any atom is 0.149 e. The summed E-state index contributed by atoms with van der Waals surface area (Å²) in [5.41, 5.74) is 7.70. The summed E-state index contributed by atoms with van der Waals surface area (Å²) < 4.78 is 6.82. The van der Waals surface area contributed by atoms with Crippen LogP contribution in [0, 0.1) is 6.92 Å². The highest BCUT2D eigenvalue weighted by molar-refractivity contribution is 9.10. The Morgan fingerprint density at radius 1 is 1.24 bits per heavy atom. The van der Waals surface area contributed by atoms with Gasteiger partial charge in [0.05, 0.1) is 11.0 Å². The van der Waals surface area contributed by atoms with Gasteiger partial charge in [0.25, 0.3) is 0 Å². The van der Waals surface area contributed by atoms with E-state index < -0.39 is 0 Å². The lowest BCUT2D eigenvalue weighted by molar-refractivity contribution is 0.547. The van der Waals surface area contributed by atoms with E-state index in [-0.39, 0.29) is 0 Å². The predicted octanol–water partition coefficient (Wildman–Crippen LogP) is 4.12. The second-order valence-corrected chi connectivity index (χ2v) is 4.94. The fraction of sp³-hybridized carbons (Fsp3) is 0.143. The van der Waals surface area contributed by atoms with Gasteiger partial charge in [0, 0.05) is 5.39 Å². The number of fused-ring (bicyclic) bond motifs is 2. The number of hydrogen-bond donors (Lipinski definition) is 1. The number of aryl methyl sites for hydroxylation is 1. The molecule has 3 aromatic rings. The van der Waals surface area contributed by atoms with Gasteiger partial charge in [-0.3, -0.25) is 0 Å². The zero-order valence-corrected chi connectivity index (χ0v) is 11.0. The summed E-state index contributed by atoms with van der Waals surface area (Å²) in [6.07, 6.45) is 0. The van der Waals surface area contributed by atoms with E-state index in [2.05, 4.69) is 41.1 Å². The minimum absolute atomic E-state index is 0.434. The van der Waals surface area contributed by atoms with E-state index in [4.69, 9.17) is 10.2 Å². The SMILES string of the molecule is Cc1c(CN)oc2c(Br)c3ccccc3cc12. The van der Waals surface area contributed by atoms with Gasteiger partial charge in [-0.1, -0.05) is 24.3 Å². The Morgan fingerprint density at radius 3 is 2.76 bits per heavy atom. The Labute approximate surface area is 108 Å². The van der Waals surface area contributed by atoms with E-state index in [0.29, 0.717) is 6.54 Å². The summed E-state index contributed by atoms with van der Waals surface area (Å²) in [6.45, 7) is 2.48. The van der Waals surface area contributed by atoms with Crippen LogP contribution in [0.5, 0.6) is 0 Å². The van der Waals surface area contributed by atoms with Crippen LogP contribution in [-0.2, 0) is 6.54 Å². The molecule has 17 heavy (non-hydrogen) atoms. The van der Waals surface area contributed by atoms with Gasteiger partial charge in [0.2, 0.25) is 0 Å². The molecular weight excluding hydrogens is 278 g/mol. The van der Waals surface area contributed by atoms with Crippen molar-refractivity contribution in [2.45, 2.75) is 13.5 Å². The van der Waals surface area contributed by atoms with Gasteiger partial charge in [0.15, 0.2) is 0 Å². The van der Waals surface area contributed by atoms with E-state index in [9.17, 15) is 0 Å². The molecule has 0 aliphatic heterocycles. The minimum Gasteiger partial charge on any atom is -0.458 e. The van der Waals surface area contributed by atoms with Crippen molar-refractivity contribution in [2.24, 2.45) is 5.73 Å². The summed E-state index contributed by atoms with van der Waals surface area (Å²) in [6, 6.07) is 10.4. The second-order valence-electron chi connectivity index (χ2n) is 4.14. The third kappa shape index (κ3) is 1.50. The number of benzene rings is 2. The molecule has 0 atom stereocenters. The molecule has 0 saturated carbocycles. The number of halogens is 1. The van der Waals surface area contributed by atoms with Crippen molar-refractivity contribution in [3.8, 4) is 0 Å². The molecular formula is C14H12BrNO. The van der Waals surface area contributed by atoms with Crippen LogP contribution in [0.4, 0.5) is 0 Å². The maximum absolute atomic E-state index is 5.81. The summed E-state index contributed by atoms with van der Waals surface area (Å²) in [4.78, 5) is 0. The van der Waals surface area contributed by atoms with Gasteiger partial charge in [-0.25, -0.2) is 0 Å². The van der Waals surface area contributed by atoms with Crippen LogP contribution in [-0.4, -0.2) is 0 Å². The molecule has 1 aromatic heterocycles. The van der Waals surface area contributed by atoms with Crippen LogP contribution in [0.25, 0.3) is 21.7 Å². The molecule has 0 amide bonds. The molecule has 0 saturated heterocycles. The molecule has 0 bridgehead atoms. The first-order valence-electron chi connectivity index (χ1n) is 5.51. The highest BCUT2D eigenvalue weighted by atomic mass is 79.9. The van der Waals surface area contributed by atoms with Crippen molar-refractivity contribution in [1.29, 1.82) is 0 Å². The largest absolute Gasteiger partial charge is 0.458 e. The van der Waals surface area contributed by atoms with Crippen molar-refractivity contribution in [3.63, 3.8) is 0 Å². The third-order valence-electron chi connectivity index (χ3n) is 3.17. The number of rotatable bonds is 1. The molecule has 0 aliphatic rings. The molecule has 0 unspecified atom stereocenters. The molecule has 0 spiro atoms. The smallest absolute Gasteiger partial charge is 0.149 e. The topological polar surface area (TPSA) is 39.2 Å². The average Bonchev–Trinajstić information content (AvgIpc) is 2.68. The monoisotopic (exact) mass is 289 g/mol. The standard InChI is InChI=1S/C14H12BrNO/c1-8-11-6-9-4-2-3-5-10(9)13(15)14(11)17-12(8)7-16/h2-6H,7,16H2,1H3. The fourth-order valence-corrected chi connectivity index (χ4v) is 2.86. The first kappa shape index (κ1) is 10.8. The zero-order chi connectivity index (χ0) is 12.0. The van der Waals surface area contributed by atoms with Crippen molar-refractivity contribution in [1.82, 2.24) is 0 Å². The summed E-state index contributed by atoms with van der Waals surface area (Å²) in [5.74, 6) is 0.857. The van der Waals surface area contributed by atoms with Crippen LogP contribution in [0.1, 0.15) is 11.3 Å². The minimum atomic E-state index is 0.434. The van der Waals surface area contributed by atoms with Crippen LogP contribution in [0.15, 0.2) is 39.2 Å². The molecule has 2 N–H and O–H groups in total. The molecule has 3 rings (SSSR count). The van der Waals surface area contributed by atoms with Crippen molar-refractivity contribution < 1.29 is 4.42 Å². The Hall–Kier alpha value is -1.32. The summed E-state index contributed by atoms with van der Waals surface area (Å²) in [7, 11) is 0. The van der Waals surface area contributed by atoms with Crippen molar-refractivity contribution in [3.05, 3.63) is 46.1 Å². The predicted molar refractivity (Wildman–Crippen MR) is 74.0 cm³/mol. The molecule has 0 radical (unpaired) electrons. The number of hydrogen-bond acceptors (Lipinski definition) is 2. The lowest BCUT2D eigenvalue weighted by Gasteiger charge is -2.01. The highest BCUT2D eigenvalue weighted by Crippen LogP contribution is 2.36. The van der Waals surface area contributed by atoms with Gasteiger partial charge < -0.3 is 10.2 Å². The van der Waals surface area contributed by atoms with E-state index >= 15 is 0 Å². The lowest BCUT2D eigenvalue weighted by Crippen LogP contribution is -1.95. The Balaban J connectivity index is 2.52. The molecule has 86 valence electrons. The van der Waals surface area contributed by atoms with Gasteiger partial charge in [-0.2, -0.15) is 0 Å². The van der Waals surface area contributed by atoms with Crippen LogP contribution >= 0.6 is 15.9 Å². The Kier molecular flexibility index (Phi) is 2.45. The van der Waals surface area contributed by atoms with Crippen LogP contribution in [0.2, 0.25) is 0 Å². The fourth-order valence-electron chi connectivity index (χ4n) is 2.21. The number of furan rings is 1. The normalized spacial score (nSPS) is 11.5. The first-order valence-corrected chi connectivity index (χ1v) is 6.31. The molecule has 2 aromatic carbocycles. The van der Waals surface area contributed by atoms with E-state index in [1.165, 1.54) is 5.39 Å². The second kappa shape index (κ2) is 3.86. The molecule has 3 heteroatoms. The summed E-state index contributed by atoms with van der Waals surface area (Å²) in [5, 5.41) is 3.51. The van der Waals surface area contributed by atoms with Gasteiger partial charge >= 0.3 is 0 Å². The molecule has 0 fully saturated rings. The van der Waals surface area contributed by atoms with E-state index in [0.717, 1.165) is 32.2 Å². The molecule has 2 nitrogen and oxygen atoms in total. The quantitative estimate of drug-likeness (QED) is 0.732. The van der Waals surface area contributed by atoms with Crippen molar-refractivity contribution >= 4 is 37.7 Å². The Morgan fingerprint density at radius 2 is 2.00 bits per heavy atom. The van der Waals surface area contributed by atoms with Crippen molar-refractivity contribution in [2.75, 3.05) is 0 Å². The highest BCUT2D eigenvalue weighted by Gasteiger charge is 2.14. The molecule has 0 aliphatic carbocycles. The van der Waals surface area contributed by atoms with Crippen LogP contribution < -0.4 is 5.73 Å². The Bertz CT molecular complexity index is 715. The van der Waals surface area contributed by atoms with E-state index in [1.54, 1.807) is 0 Å². The third-order valence-corrected chi connectivity index (χ3v) is 3.96. The molecule has 1 heterocycles. The van der Waals surface area contributed by atoms with E-state index in [1.807, 2.05) is 12.1 Å². The average molecular weight is 290 g/mol. The first-order chi connectivity index (χ1) is 8.22. The maximum atomic E-state index is 5.81. The number of nitrogens with two attached hydrogens (primary N) is 1. The van der Waals surface area contributed by atoms with Gasteiger partial charge in [-0.05, 0) is 45.3 Å². The van der Waals surface area contributed by atoms with Gasteiger partial charge in [-0.15, -0.1) is 0 Å². The summed E-state index contributed by atoms with van der Waals surface area (Å²) >= 11 is 3.62. The van der Waals surface area contributed by atoms with Gasteiger partial charge in [0.1, 0.15) is 11.3 Å². The van der Waals surface area contributed by atoms with Crippen LogP contribution in [0.3, 0.4) is 0 Å². The zero-order valence-electron chi connectivity index (χ0n) is 9.46. The lowest BCUT2D eigenvalue weighted by atomic mass is 10.1.